The van der Waals surface area contributed by atoms with Crippen LogP contribution in [0.3, 0.4) is 0 Å². The molecule has 1 aromatic rings. The highest BCUT2D eigenvalue weighted by atomic mass is 16.2. The smallest absolute Gasteiger partial charge is 0.253 e. The van der Waals surface area contributed by atoms with Gasteiger partial charge < -0.3 is 10.2 Å². The van der Waals surface area contributed by atoms with Gasteiger partial charge in [0.15, 0.2) is 0 Å². The minimum absolute atomic E-state index is 0.0314. The molecule has 0 radical (unpaired) electrons. The fraction of sp³-hybridized carbons (Fsp3) is 0.708. The highest BCUT2D eigenvalue weighted by molar-refractivity contribution is 5.95. The fourth-order valence-electron chi connectivity index (χ4n) is 5.39. The van der Waals surface area contributed by atoms with Crippen molar-refractivity contribution >= 4 is 11.8 Å². The Bertz CT molecular complexity index is 728. The Morgan fingerprint density at radius 1 is 0.931 bits per heavy atom. The average Bonchev–Trinajstić information content (AvgIpc) is 3.29. The summed E-state index contributed by atoms with van der Waals surface area (Å²) in [5, 5.41) is 3.25. The van der Waals surface area contributed by atoms with Gasteiger partial charge in [-0.05, 0) is 57.6 Å². The van der Waals surface area contributed by atoms with Crippen LogP contribution in [0.5, 0.6) is 0 Å². The molecule has 1 saturated heterocycles. The van der Waals surface area contributed by atoms with Crippen LogP contribution in [0.4, 0.5) is 0 Å². The third-order valence-corrected chi connectivity index (χ3v) is 7.15. The average molecular weight is 398 g/mol. The number of aryl methyl sites for hydroxylation is 1. The number of pyridine rings is 1. The number of piperidine rings is 1. The van der Waals surface area contributed by atoms with E-state index in [1.54, 1.807) is 0 Å². The Morgan fingerprint density at radius 2 is 1.59 bits per heavy atom. The molecular weight excluding hydrogens is 362 g/mol. The van der Waals surface area contributed by atoms with E-state index in [1.807, 2.05) is 19.1 Å². The van der Waals surface area contributed by atoms with Crippen molar-refractivity contribution in [3.63, 3.8) is 0 Å². The van der Waals surface area contributed by atoms with Crippen LogP contribution in [0.25, 0.3) is 0 Å². The lowest BCUT2D eigenvalue weighted by Crippen LogP contribution is -2.41. The molecule has 29 heavy (non-hydrogen) atoms. The molecule has 0 bridgehead atoms. The second-order valence-electron chi connectivity index (χ2n) is 9.27. The molecule has 2 amide bonds. The van der Waals surface area contributed by atoms with Crippen LogP contribution >= 0.6 is 0 Å². The van der Waals surface area contributed by atoms with Gasteiger partial charge in [-0.1, -0.05) is 32.1 Å². The lowest BCUT2D eigenvalue weighted by molar-refractivity contribution is -0.136. The van der Waals surface area contributed by atoms with Crippen LogP contribution in [0.1, 0.15) is 98.3 Å². The Labute approximate surface area is 174 Å². The first-order valence-electron chi connectivity index (χ1n) is 11.7. The quantitative estimate of drug-likeness (QED) is 0.822. The highest BCUT2D eigenvalue weighted by Crippen LogP contribution is 2.32. The summed E-state index contributed by atoms with van der Waals surface area (Å²) in [6.07, 6.45) is 12.2. The second kappa shape index (κ2) is 9.27. The number of aromatic nitrogens is 1. The van der Waals surface area contributed by atoms with Crippen LogP contribution in [-0.4, -0.2) is 40.8 Å². The summed E-state index contributed by atoms with van der Waals surface area (Å²) in [4.78, 5) is 32.6. The highest BCUT2D eigenvalue weighted by Gasteiger charge is 2.32. The number of hydrogen-bond acceptors (Lipinski definition) is 3. The lowest BCUT2D eigenvalue weighted by Gasteiger charge is -2.34. The normalized spacial score (nSPS) is 22.0. The number of nitrogens with zero attached hydrogens (tertiary/aromatic N) is 2. The number of carbonyl (C=O) groups is 2. The Hall–Kier alpha value is -1.91. The van der Waals surface area contributed by atoms with E-state index in [0.29, 0.717) is 11.9 Å². The molecule has 2 heterocycles. The van der Waals surface area contributed by atoms with Gasteiger partial charge in [0.25, 0.3) is 5.91 Å². The molecular formula is C24H35N3O2. The van der Waals surface area contributed by atoms with Gasteiger partial charge in [0, 0.05) is 36.7 Å². The predicted octanol–water partition coefficient (Wildman–Crippen LogP) is 4.35. The van der Waals surface area contributed by atoms with E-state index in [2.05, 4.69) is 10.2 Å². The van der Waals surface area contributed by atoms with Gasteiger partial charge in [-0.2, -0.15) is 0 Å². The molecule has 0 unspecified atom stereocenters. The first-order valence-corrected chi connectivity index (χ1v) is 11.7. The Balaban J connectivity index is 1.42. The zero-order valence-corrected chi connectivity index (χ0v) is 17.8. The van der Waals surface area contributed by atoms with Crippen LogP contribution in [0, 0.1) is 12.8 Å². The topological polar surface area (TPSA) is 62.3 Å². The SMILES string of the molecule is Cc1ccc(C(=O)NC2CCCCC2)c(C2CCN(C(=O)C3CCCC3)CC2)n1. The van der Waals surface area contributed by atoms with Crippen LogP contribution < -0.4 is 5.32 Å². The summed E-state index contributed by atoms with van der Waals surface area (Å²) in [7, 11) is 0. The van der Waals surface area contributed by atoms with E-state index in [1.165, 1.54) is 32.1 Å². The number of amides is 2. The molecule has 1 aromatic heterocycles. The van der Waals surface area contributed by atoms with E-state index < -0.39 is 0 Å². The zero-order valence-electron chi connectivity index (χ0n) is 17.8. The van der Waals surface area contributed by atoms with Crippen molar-refractivity contribution in [1.82, 2.24) is 15.2 Å². The van der Waals surface area contributed by atoms with E-state index in [0.717, 1.165) is 68.6 Å². The number of nitrogens with one attached hydrogen (secondary N) is 1. The summed E-state index contributed by atoms with van der Waals surface area (Å²) in [5.41, 5.74) is 2.63. The Kier molecular flexibility index (Phi) is 6.51. The summed E-state index contributed by atoms with van der Waals surface area (Å²) in [5.74, 6) is 0.896. The summed E-state index contributed by atoms with van der Waals surface area (Å²) in [6.45, 7) is 3.57. The molecule has 0 aromatic carbocycles. The number of carbonyl (C=O) groups excluding carboxylic acids is 2. The minimum Gasteiger partial charge on any atom is -0.349 e. The fourth-order valence-corrected chi connectivity index (χ4v) is 5.39. The van der Waals surface area contributed by atoms with Crippen molar-refractivity contribution in [2.75, 3.05) is 13.1 Å². The van der Waals surface area contributed by atoms with Crippen LogP contribution in [-0.2, 0) is 4.79 Å². The second-order valence-corrected chi connectivity index (χ2v) is 9.27. The molecule has 1 aliphatic heterocycles. The van der Waals surface area contributed by atoms with E-state index >= 15 is 0 Å². The molecule has 0 spiro atoms. The third kappa shape index (κ3) is 4.81. The van der Waals surface area contributed by atoms with Crippen molar-refractivity contribution in [1.29, 1.82) is 0 Å². The van der Waals surface area contributed by atoms with Crippen molar-refractivity contribution in [3.05, 3.63) is 29.1 Å². The zero-order chi connectivity index (χ0) is 20.2. The molecule has 1 N–H and O–H groups in total. The first-order chi connectivity index (χ1) is 14.1. The van der Waals surface area contributed by atoms with Crippen molar-refractivity contribution in [2.24, 2.45) is 5.92 Å². The third-order valence-electron chi connectivity index (χ3n) is 7.15. The molecule has 158 valence electrons. The van der Waals surface area contributed by atoms with Gasteiger partial charge in [-0.15, -0.1) is 0 Å². The van der Waals surface area contributed by atoms with Gasteiger partial charge >= 0.3 is 0 Å². The molecule has 0 atom stereocenters. The van der Waals surface area contributed by atoms with E-state index in [-0.39, 0.29) is 17.7 Å². The van der Waals surface area contributed by atoms with Gasteiger partial charge in [-0.3, -0.25) is 14.6 Å². The van der Waals surface area contributed by atoms with Crippen molar-refractivity contribution < 1.29 is 9.59 Å². The van der Waals surface area contributed by atoms with Gasteiger partial charge in [0.1, 0.15) is 0 Å². The number of hydrogen-bond donors (Lipinski definition) is 1. The number of likely N-dealkylation sites (tertiary alicyclic amines) is 1. The van der Waals surface area contributed by atoms with Gasteiger partial charge in [0.2, 0.25) is 5.91 Å². The summed E-state index contributed by atoms with van der Waals surface area (Å²) < 4.78 is 0. The molecule has 5 heteroatoms. The molecule has 2 aliphatic carbocycles. The summed E-state index contributed by atoms with van der Waals surface area (Å²) >= 11 is 0. The maximum absolute atomic E-state index is 13.0. The van der Waals surface area contributed by atoms with Crippen molar-refractivity contribution in [3.8, 4) is 0 Å². The molecule has 3 fully saturated rings. The van der Waals surface area contributed by atoms with E-state index in [9.17, 15) is 9.59 Å². The minimum atomic E-state index is 0.0314. The maximum Gasteiger partial charge on any atom is 0.253 e. The molecule has 5 nitrogen and oxygen atoms in total. The lowest BCUT2D eigenvalue weighted by atomic mass is 9.89. The predicted molar refractivity (Wildman–Crippen MR) is 114 cm³/mol. The standard InChI is InChI=1S/C24H35N3O2/c1-17-11-12-21(23(28)26-20-9-3-2-4-10-20)22(25-17)18-13-15-27(16-14-18)24(29)19-7-5-6-8-19/h11-12,18-20H,2-10,13-16H2,1H3,(H,26,28). The van der Waals surface area contributed by atoms with Crippen molar-refractivity contribution in [2.45, 2.75) is 89.5 Å². The molecule has 4 rings (SSSR count). The maximum atomic E-state index is 13.0. The largest absolute Gasteiger partial charge is 0.349 e. The Morgan fingerprint density at radius 3 is 2.28 bits per heavy atom. The first kappa shape index (κ1) is 20.4. The van der Waals surface area contributed by atoms with E-state index in [4.69, 9.17) is 4.98 Å². The monoisotopic (exact) mass is 397 g/mol. The van der Waals surface area contributed by atoms with Gasteiger partial charge in [0.05, 0.1) is 11.3 Å². The van der Waals surface area contributed by atoms with Crippen LogP contribution in [0.15, 0.2) is 12.1 Å². The molecule has 2 saturated carbocycles. The molecule has 3 aliphatic rings. The number of rotatable bonds is 4. The van der Waals surface area contributed by atoms with Crippen LogP contribution in [0.2, 0.25) is 0 Å². The summed E-state index contributed by atoms with van der Waals surface area (Å²) in [6, 6.07) is 4.19. The van der Waals surface area contributed by atoms with Gasteiger partial charge in [-0.25, -0.2) is 0 Å².